The number of halogens is 2. The highest BCUT2D eigenvalue weighted by molar-refractivity contribution is 9.10. The zero-order valence-electron chi connectivity index (χ0n) is 9.97. The Morgan fingerprint density at radius 1 is 1.72 bits per heavy atom. The molecule has 98 valence electrons. The first kappa shape index (κ1) is 13.6. The number of alkyl halides is 1. The SMILES string of the molecule is CC(Cl)C(=O)N1CCC(Oc2ncccc2Br)C1. The summed E-state index contributed by atoms with van der Waals surface area (Å²) in [5.41, 5.74) is 0. The Morgan fingerprint density at radius 3 is 3.17 bits per heavy atom. The smallest absolute Gasteiger partial charge is 0.240 e. The molecule has 1 fully saturated rings. The predicted octanol–water partition coefficient (Wildman–Crippen LogP) is 2.45. The molecule has 1 aliphatic heterocycles. The molecule has 0 aliphatic carbocycles. The van der Waals surface area contributed by atoms with Crippen molar-refractivity contribution in [1.29, 1.82) is 0 Å². The van der Waals surface area contributed by atoms with E-state index in [1.54, 1.807) is 18.0 Å². The van der Waals surface area contributed by atoms with E-state index in [1.165, 1.54) is 0 Å². The number of carbonyl (C=O) groups excluding carboxylic acids is 1. The van der Waals surface area contributed by atoms with Gasteiger partial charge >= 0.3 is 0 Å². The van der Waals surface area contributed by atoms with Gasteiger partial charge in [0.2, 0.25) is 11.8 Å². The second-order valence-corrected chi connectivity index (χ2v) is 5.73. The molecule has 18 heavy (non-hydrogen) atoms. The quantitative estimate of drug-likeness (QED) is 0.798. The second kappa shape index (κ2) is 5.89. The minimum Gasteiger partial charge on any atom is -0.472 e. The number of hydrogen-bond acceptors (Lipinski definition) is 3. The van der Waals surface area contributed by atoms with Crippen LogP contribution in [0.25, 0.3) is 0 Å². The number of ether oxygens (including phenoxy) is 1. The van der Waals surface area contributed by atoms with Gasteiger partial charge in [-0.15, -0.1) is 11.6 Å². The summed E-state index contributed by atoms with van der Waals surface area (Å²) in [4.78, 5) is 17.6. The molecule has 0 bridgehead atoms. The number of amides is 1. The topological polar surface area (TPSA) is 42.4 Å². The summed E-state index contributed by atoms with van der Waals surface area (Å²) >= 11 is 9.17. The molecular weight excluding hydrogens is 320 g/mol. The van der Waals surface area contributed by atoms with E-state index in [2.05, 4.69) is 20.9 Å². The first-order valence-corrected chi connectivity index (χ1v) is 7.01. The average Bonchev–Trinajstić information content (AvgIpc) is 2.79. The maximum atomic E-state index is 11.7. The zero-order valence-corrected chi connectivity index (χ0v) is 12.3. The van der Waals surface area contributed by atoms with E-state index in [1.807, 2.05) is 12.1 Å². The molecule has 1 amide bonds. The van der Waals surface area contributed by atoms with Crippen molar-refractivity contribution in [1.82, 2.24) is 9.88 Å². The van der Waals surface area contributed by atoms with E-state index in [-0.39, 0.29) is 12.0 Å². The fourth-order valence-corrected chi connectivity index (χ4v) is 2.38. The molecule has 2 unspecified atom stereocenters. The van der Waals surface area contributed by atoms with Gasteiger partial charge < -0.3 is 9.64 Å². The molecule has 2 rings (SSSR count). The van der Waals surface area contributed by atoms with Gasteiger partial charge in [-0.1, -0.05) is 0 Å². The molecule has 1 aliphatic rings. The van der Waals surface area contributed by atoms with Crippen LogP contribution < -0.4 is 4.74 Å². The number of hydrogen-bond donors (Lipinski definition) is 0. The number of pyridine rings is 1. The lowest BCUT2D eigenvalue weighted by Crippen LogP contribution is -2.35. The van der Waals surface area contributed by atoms with Gasteiger partial charge in [0.15, 0.2) is 0 Å². The summed E-state index contributed by atoms with van der Waals surface area (Å²) < 4.78 is 6.59. The third-order valence-corrected chi connectivity index (χ3v) is 3.59. The third kappa shape index (κ3) is 3.14. The fraction of sp³-hybridized carbons (Fsp3) is 0.500. The first-order chi connectivity index (χ1) is 8.58. The molecule has 1 aromatic rings. The minimum atomic E-state index is -0.481. The van der Waals surface area contributed by atoms with Crippen LogP contribution in [-0.2, 0) is 4.79 Å². The summed E-state index contributed by atoms with van der Waals surface area (Å²) in [5.74, 6) is 0.526. The molecule has 2 heterocycles. The highest BCUT2D eigenvalue weighted by atomic mass is 79.9. The van der Waals surface area contributed by atoms with Gasteiger partial charge in [0.25, 0.3) is 0 Å². The van der Waals surface area contributed by atoms with Crippen LogP contribution in [0, 0.1) is 0 Å². The molecule has 2 atom stereocenters. The number of nitrogens with zero attached hydrogens (tertiary/aromatic N) is 2. The Balaban J connectivity index is 1.94. The molecule has 4 nitrogen and oxygen atoms in total. The number of rotatable bonds is 3. The zero-order chi connectivity index (χ0) is 13.1. The standard InChI is InChI=1S/C12H14BrClN2O2/c1-8(14)12(17)16-6-4-9(7-16)18-11-10(13)3-2-5-15-11/h2-3,5,8-9H,4,6-7H2,1H3. The van der Waals surface area contributed by atoms with Crippen LogP contribution in [0.15, 0.2) is 22.8 Å². The molecule has 1 saturated heterocycles. The van der Waals surface area contributed by atoms with Gasteiger partial charge in [-0.2, -0.15) is 0 Å². The minimum absolute atomic E-state index is 0.0180. The monoisotopic (exact) mass is 332 g/mol. The number of aromatic nitrogens is 1. The van der Waals surface area contributed by atoms with Gasteiger partial charge in [0.05, 0.1) is 11.0 Å². The molecule has 0 N–H and O–H groups in total. The van der Waals surface area contributed by atoms with Gasteiger partial charge in [0, 0.05) is 19.2 Å². The van der Waals surface area contributed by atoms with E-state index in [9.17, 15) is 4.79 Å². The Labute approximate surface area is 119 Å². The van der Waals surface area contributed by atoms with Crippen LogP contribution in [0.5, 0.6) is 5.88 Å². The van der Waals surface area contributed by atoms with Crippen molar-refractivity contribution in [3.8, 4) is 5.88 Å². The third-order valence-electron chi connectivity index (χ3n) is 2.80. The lowest BCUT2D eigenvalue weighted by atomic mass is 10.3. The fourth-order valence-electron chi connectivity index (χ4n) is 1.89. The van der Waals surface area contributed by atoms with Crippen LogP contribution in [0.4, 0.5) is 0 Å². The maximum Gasteiger partial charge on any atom is 0.240 e. The van der Waals surface area contributed by atoms with Gasteiger partial charge in [-0.25, -0.2) is 4.98 Å². The molecule has 0 radical (unpaired) electrons. The molecular formula is C12H14BrClN2O2. The summed E-state index contributed by atoms with van der Waals surface area (Å²) in [6.45, 7) is 2.94. The molecule has 6 heteroatoms. The molecule has 1 aromatic heterocycles. The lowest BCUT2D eigenvalue weighted by molar-refractivity contribution is -0.129. The second-order valence-electron chi connectivity index (χ2n) is 4.22. The Morgan fingerprint density at radius 2 is 2.50 bits per heavy atom. The van der Waals surface area contributed by atoms with Crippen molar-refractivity contribution in [3.05, 3.63) is 22.8 Å². The van der Waals surface area contributed by atoms with Crippen LogP contribution in [0.1, 0.15) is 13.3 Å². The largest absolute Gasteiger partial charge is 0.472 e. The van der Waals surface area contributed by atoms with Crippen molar-refractivity contribution in [3.63, 3.8) is 0 Å². The summed E-state index contributed by atoms with van der Waals surface area (Å²) in [6.07, 6.45) is 2.47. The van der Waals surface area contributed by atoms with Crippen LogP contribution in [-0.4, -0.2) is 40.4 Å². The van der Waals surface area contributed by atoms with Crippen molar-refractivity contribution >= 4 is 33.4 Å². The Bertz CT molecular complexity index is 442. The van der Waals surface area contributed by atoms with E-state index >= 15 is 0 Å². The molecule has 0 saturated carbocycles. The Kier molecular flexibility index (Phi) is 4.45. The van der Waals surface area contributed by atoms with Crippen molar-refractivity contribution < 1.29 is 9.53 Å². The van der Waals surface area contributed by atoms with Gasteiger partial charge in [0.1, 0.15) is 11.5 Å². The summed E-state index contributed by atoms with van der Waals surface area (Å²) in [6, 6.07) is 3.71. The summed E-state index contributed by atoms with van der Waals surface area (Å²) in [5, 5.41) is -0.481. The first-order valence-electron chi connectivity index (χ1n) is 5.78. The maximum absolute atomic E-state index is 11.7. The van der Waals surface area contributed by atoms with Crippen molar-refractivity contribution in [2.75, 3.05) is 13.1 Å². The molecule has 0 spiro atoms. The highest BCUT2D eigenvalue weighted by Crippen LogP contribution is 2.24. The average molecular weight is 334 g/mol. The van der Waals surface area contributed by atoms with Crippen molar-refractivity contribution in [2.45, 2.75) is 24.8 Å². The van der Waals surface area contributed by atoms with Gasteiger partial charge in [-0.3, -0.25) is 4.79 Å². The lowest BCUT2D eigenvalue weighted by Gasteiger charge is -2.18. The van der Waals surface area contributed by atoms with E-state index in [0.29, 0.717) is 19.0 Å². The highest BCUT2D eigenvalue weighted by Gasteiger charge is 2.29. The van der Waals surface area contributed by atoms with Gasteiger partial charge in [-0.05, 0) is 35.0 Å². The summed E-state index contributed by atoms with van der Waals surface area (Å²) in [7, 11) is 0. The van der Waals surface area contributed by atoms with Crippen LogP contribution in [0.3, 0.4) is 0 Å². The van der Waals surface area contributed by atoms with E-state index < -0.39 is 5.38 Å². The van der Waals surface area contributed by atoms with E-state index in [0.717, 1.165) is 10.9 Å². The normalized spacial score (nSPS) is 20.8. The van der Waals surface area contributed by atoms with Crippen LogP contribution >= 0.6 is 27.5 Å². The molecule has 0 aromatic carbocycles. The van der Waals surface area contributed by atoms with Crippen LogP contribution in [0.2, 0.25) is 0 Å². The Hall–Kier alpha value is -0.810. The number of carbonyl (C=O) groups is 1. The van der Waals surface area contributed by atoms with Crippen molar-refractivity contribution in [2.24, 2.45) is 0 Å². The van der Waals surface area contributed by atoms with E-state index in [4.69, 9.17) is 16.3 Å². The predicted molar refractivity (Wildman–Crippen MR) is 72.9 cm³/mol. The number of likely N-dealkylation sites (tertiary alicyclic amines) is 1.